The van der Waals surface area contributed by atoms with Gasteiger partial charge in [-0.05, 0) is 55.5 Å². The first-order chi connectivity index (χ1) is 13.0. The van der Waals surface area contributed by atoms with Gasteiger partial charge in [0.25, 0.3) is 5.56 Å². The molecule has 27 heavy (non-hydrogen) atoms. The average molecular weight is 364 g/mol. The molecule has 0 radical (unpaired) electrons. The lowest BCUT2D eigenvalue weighted by molar-refractivity contribution is -0.130. The van der Waals surface area contributed by atoms with Crippen LogP contribution in [0.4, 0.5) is 5.69 Å². The van der Waals surface area contributed by atoms with Crippen LogP contribution in [-0.4, -0.2) is 46.5 Å². The lowest BCUT2D eigenvalue weighted by atomic mass is 10.0. The Morgan fingerprint density at radius 1 is 1.37 bits per heavy atom. The summed E-state index contributed by atoms with van der Waals surface area (Å²) in [4.78, 5) is 35.5. The van der Waals surface area contributed by atoms with Crippen molar-refractivity contribution >= 4 is 11.6 Å². The minimum atomic E-state index is -0.0846. The van der Waals surface area contributed by atoms with Crippen molar-refractivity contribution < 1.29 is 4.79 Å². The molecular weight excluding hydrogens is 340 g/mol. The van der Waals surface area contributed by atoms with Gasteiger partial charge in [0, 0.05) is 43.3 Å². The minimum Gasteiger partial charge on any atom is -0.360 e. The third-order valence-electron chi connectivity index (χ3n) is 5.36. The second kappa shape index (κ2) is 7.02. The maximum Gasteiger partial charge on any atom is 0.271 e. The summed E-state index contributed by atoms with van der Waals surface area (Å²) >= 11 is 0. The normalized spacial score (nSPS) is 16.7. The lowest BCUT2D eigenvalue weighted by Crippen LogP contribution is -2.62. The molecule has 0 aromatic carbocycles. The summed E-state index contributed by atoms with van der Waals surface area (Å²) in [6.45, 7) is 7.64. The first-order valence-corrected chi connectivity index (χ1v) is 9.39. The third-order valence-corrected chi connectivity index (χ3v) is 5.36. The van der Waals surface area contributed by atoms with E-state index in [0.29, 0.717) is 24.7 Å². The molecule has 1 amide bonds. The number of nitrogens with one attached hydrogen (secondary N) is 1. The predicted octanol–water partition coefficient (Wildman–Crippen LogP) is 2.36. The standard InChI is InChI=1S/C21H24N4O2/c1-3-20(26)24-12-18(13-24)25(11-15-4-5-15)19-9-17(10-23-21(19)27)16-6-7-22-14(2)8-16/h3,6-10,15,18H,1,4-5,11-13H2,2H3,(H,23,27). The highest BCUT2D eigenvalue weighted by Gasteiger charge is 2.37. The quantitative estimate of drug-likeness (QED) is 0.799. The summed E-state index contributed by atoms with van der Waals surface area (Å²) < 4.78 is 0. The second-order valence-electron chi connectivity index (χ2n) is 7.49. The molecule has 3 heterocycles. The highest BCUT2D eigenvalue weighted by molar-refractivity contribution is 5.88. The maximum absolute atomic E-state index is 12.6. The molecule has 140 valence electrons. The van der Waals surface area contributed by atoms with E-state index in [1.807, 2.05) is 25.1 Å². The van der Waals surface area contributed by atoms with E-state index in [-0.39, 0.29) is 17.5 Å². The highest BCUT2D eigenvalue weighted by Crippen LogP contribution is 2.33. The number of hydrogen-bond acceptors (Lipinski definition) is 4. The Balaban J connectivity index is 1.63. The first kappa shape index (κ1) is 17.5. The van der Waals surface area contributed by atoms with Gasteiger partial charge < -0.3 is 14.8 Å². The molecule has 0 atom stereocenters. The number of nitrogens with zero attached hydrogens (tertiary/aromatic N) is 3. The number of amides is 1. The van der Waals surface area contributed by atoms with Crippen molar-refractivity contribution in [3.63, 3.8) is 0 Å². The Bertz CT molecular complexity index is 926. The number of pyridine rings is 2. The Labute approximate surface area is 158 Å². The Morgan fingerprint density at radius 3 is 2.81 bits per heavy atom. The molecule has 2 fully saturated rings. The van der Waals surface area contributed by atoms with Crippen molar-refractivity contribution in [1.29, 1.82) is 0 Å². The number of H-pyrrole nitrogens is 1. The summed E-state index contributed by atoms with van der Waals surface area (Å²) in [5.74, 6) is 0.591. The van der Waals surface area contributed by atoms with Crippen molar-refractivity contribution in [1.82, 2.24) is 14.9 Å². The van der Waals surface area contributed by atoms with Gasteiger partial charge in [-0.1, -0.05) is 6.58 Å². The van der Waals surface area contributed by atoms with Gasteiger partial charge in [-0.25, -0.2) is 0 Å². The fourth-order valence-corrected chi connectivity index (χ4v) is 3.56. The number of carbonyl (C=O) groups excluding carboxylic acids is 1. The number of anilines is 1. The molecule has 1 aliphatic carbocycles. The van der Waals surface area contributed by atoms with E-state index < -0.39 is 0 Å². The van der Waals surface area contributed by atoms with Gasteiger partial charge in [0.05, 0.1) is 6.04 Å². The number of hydrogen-bond donors (Lipinski definition) is 1. The Morgan fingerprint density at radius 2 is 2.15 bits per heavy atom. The average Bonchev–Trinajstić information content (AvgIpc) is 3.44. The largest absolute Gasteiger partial charge is 0.360 e. The van der Waals surface area contributed by atoms with E-state index >= 15 is 0 Å². The number of carbonyl (C=O) groups is 1. The summed E-state index contributed by atoms with van der Waals surface area (Å²) in [7, 11) is 0. The molecule has 2 aromatic heterocycles. The molecule has 0 bridgehead atoms. The van der Waals surface area contributed by atoms with E-state index in [2.05, 4.69) is 21.4 Å². The number of rotatable bonds is 6. The van der Waals surface area contributed by atoms with Crippen LogP contribution in [-0.2, 0) is 4.79 Å². The zero-order chi connectivity index (χ0) is 19.0. The summed E-state index contributed by atoms with van der Waals surface area (Å²) in [6.07, 6.45) is 7.30. The number of aryl methyl sites for hydroxylation is 1. The molecule has 1 saturated heterocycles. The first-order valence-electron chi connectivity index (χ1n) is 9.39. The van der Waals surface area contributed by atoms with E-state index in [4.69, 9.17) is 0 Å². The zero-order valence-corrected chi connectivity index (χ0v) is 15.5. The minimum absolute atomic E-state index is 0.0486. The van der Waals surface area contributed by atoms with Crippen LogP contribution < -0.4 is 10.5 Å². The van der Waals surface area contributed by atoms with Gasteiger partial charge in [-0.2, -0.15) is 0 Å². The molecule has 2 aliphatic rings. The smallest absolute Gasteiger partial charge is 0.271 e. The van der Waals surface area contributed by atoms with Crippen LogP contribution in [0.5, 0.6) is 0 Å². The van der Waals surface area contributed by atoms with Crippen molar-refractivity contribution in [3.05, 3.63) is 59.3 Å². The van der Waals surface area contributed by atoms with Gasteiger partial charge in [0.2, 0.25) is 5.91 Å². The van der Waals surface area contributed by atoms with Crippen LogP contribution in [0.15, 0.2) is 48.0 Å². The molecule has 1 saturated carbocycles. The van der Waals surface area contributed by atoms with Crippen LogP contribution in [0, 0.1) is 12.8 Å². The second-order valence-corrected chi connectivity index (χ2v) is 7.49. The summed E-state index contributed by atoms with van der Waals surface area (Å²) in [5.41, 5.74) is 3.54. The van der Waals surface area contributed by atoms with Crippen LogP contribution in [0.1, 0.15) is 18.5 Å². The SMILES string of the molecule is C=CC(=O)N1CC(N(CC2CC2)c2cc(-c3ccnc(C)c3)c[nH]c2=O)C1. The molecule has 0 unspecified atom stereocenters. The van der Waals surface area contributed by atoms with Crippen LogP contribution >= 0.6 is 0 Å². The number of aromatic nitrogens is 2. The van der Waals surface area contributed by atoms with Crippen molar-refractivity contribution in [2.75, 3.05) is 24.5 Å². The monoisotopic (exact) mass is 364 g/mol. The molecular formula is C21H24N4O2. The van der Waals surface area contributed by atoms with Gasteiger partial charge in [-0.15, -0.1) is 0 Å². The van der Waals surface area contributed by atoms with E-state index in [1.54, 1.807) is 17.3 Å². The summed E-state index contributed by atoms with van der Waals surface area (Å²) in [5, 5.41) is 0. The Hall–Kier alpha value is -2.89. The van der Waals surface area contributed by atoms with Crippen molar-refractivity contribution in [3.8, 4) is 11.1 Å². The van der Waals surface area contributed by atoms with E-state index in [9.17, 15) is 9.59 Å². The van der Waals surface area contributed by atoms with Crippen LogP contribution in [0.3, 0.4) is 0 Å². The van der Waals surface area contributed by atoms with Gasteiger partial charge in [-0.3, -0.25) is 14.6 Å². The van der Waals surface area contributed by atoms with Crippen molar-refractivity contribution in [2.24, 2.45) is 5.92 Å². The maximum atomic E-state index is 12.6. The number of aromatic amines is 1. The van der Waals surface area contributed by atoms with Crippen LogP contribution in [0.25, 0.3) is 11.1 Å². The van der Waals surface area contributed by atoms with E-state index in [1.165, 1.54) is 18.9 Å². The molecule has 6 nitrogen and oxygen atoms in total. The van der Waals surface area contributed by atoms with Gasteiger partial charge in [0.15, 0.2) is 0 Å². The van der Waals surface area contributed by atoms with Crippen molar-refractivity contribution in [2.45, 2.75) is 25.8 Å². The fraction of sp³-hybridized carbons (Fsp3) is 0.381. The highest BCUT2D eigenvalue weighted by atomic mass is 16.2. The predicted molar refractivity (Wildman–Crippen MR) is 106 cm³/mol. The lowest BCUT2D eigenvalue weighted by Gasteiger charge is -2.46. The fourth-order valence-electron chi connectivity index (χ4n) is 3.56. The molecule has 6 heteroatoms. The summed E-state index contributed by atoms with van der Waals surface area (Å²) in [6, 6.07) is 6.10. The topological polar surface area (TPSA) is 69.3 Å². The molecule has 2 aromatic rings. The Kier molecular flexibility index (Phi) is 4.56. The van der Waals surface area contributed by atoms with Gasteiger partial charge in [0.1, 0.15) is 5.69 Å². The molecule has 1 N–H and O–H groups in total. The molecule has 4 rings (SSSR count). The van der Waals surface area contributed by atoms with Gasteiger partial charge >= 0.3 is 0 Å². The van der Waals surface area contributed by atoms with E-state index in [0.717, 1.165) is 23.4 Å². The third kappa shape index (κ3) is 3.65. The zero-order valence-electron chi connectivity index (χ0n) is 15.5. The van der Waals surface area contributed by atoms with Crippen LogP contribution in [0.2, 0.25) is 0 Å². The molecule has 0 spiro atoms. The molecule has 1 aliphatic heterocycles. The number of likely N-dealkylation sites (tertiary alicyclic amines) is 1.